The lowest BCUT2D eigenvalue weighted by atomic mass is 10.2. The van der Waals surface area contributed by atoms with Gasteiger partial charge < -0.3 is 10.1 Å². The van der Waals surface area contributed by atoms with Crippen molar-refractivity contribution >= 4 is 27.6 Å². The van der Waals surface area contributed by atoms with Crippen molar-refractivity contribution in [2.24, 2.45) is 0 Å². The van der Waals surface area contributed by atoms with E-state index in [1.165, 1.54) is 7.11 Å². The quantitative estimate of drug-likeness (QED) is 0.847. The van der Waals surface area contributed by atoms with Gasteiger partial charge in [-0.15, -0.1) is 0 Å². The SMILES string of the molecule is CCNc1cccc(C(=O)OC)c1Br. The number of rotatable bonds is 3. The summed E-state index contributed by atoms with van der Waals surface area (Å²) in [4.78, 5) is 11.3. The van der Waals surface area contributed by atoms with Gasteiger partial charge in [0.05, 0.1) is 17.1 Å². The Balaban J connectivity index is 3.07. The standard InChI is InChI=1S/C10H12BrNO2/c1-3-12-8-6-4-5-7(9(8)11)10(13)14-2/h4-6,12H,3H2,1-2H3. The lowest BCUT2D eigenvalue weighted by molar-refractivity contribution is 0.0600. The van der Waals surface area contributed by atoms with E-state index in [1.54, 1.807) is 6.07 Å². The van der Waals surface area contributed by atoms with Crippen LogP contribution in [0.25, 0.3) is 0 Å². The molecule has 0 spiro atoms. The van der Waals surface area contributed by atoms with Gasteiger partial charge in [-0.25, -0.2) is 4.79 Å². The molecule has 0 radical (unpaired) electrons. The number of hydrogen-bond donors (Lipinski definition) is 1. The Kier molecular flexibility index (Phi) is 3.95. The van der Waals surface area contributed by atoms with Crippen molar-refractivity contribution in [3.63, 3.8) is 0 Å². The van der Waals surface area contributed by atoms with Crippen molar-refractivity contribution in [1.29, 1.82) is 0 Å². The van der Waals surface area contributed by atoms with Crippen molar-refractivity contribution in [1.82, 2.24) is 0 Å². The second kappa shape index (κ2) is 5.00. The van der Waals surface area contributed by atoms with Crippen LogP contribution in [0.4, 0.5) is 5.69 Å². The molecule has 0 unspecified atom stereocenters. The molecule has 0 bridgehead atoms. The molecular formula is C10H12BrNO2. The molecule has 3 nitrogen and oxygen atoms in total. The van der Waals surface area contributed by atoms with Gasteiger partial charge in [-0.1, -0.05) is 6.07 Å². The average Bonchev–Trinajstić information content (AvgIpc) is 2.20. The summed E-state index contributed by atoms with van der Waals surface area (Å²) in [5.74, 6) is -0.336. The zero-order chi connectivity index (χ0) is 10.6. The number of benzene rings is 1. The Morgan fingerprint density at radius 1 is 1.57 bits per heavy atom. The van der Waals surface area contributed by atoms with Crippen molar-refractivity contribution in [2.45, 2.75) is 6.92 Å². The minimum atomic E-state index is -0.336. The lowest BCUT2D eigenvalue weighted by Crippen LogP contribution is -2.05. The molecule has 1 N–H and O–H groups in total. The maximum atomic E-state index is 11.3. The summed E-state index contributed by atoms with van der Waals surface area (Å²) in [6.45, 7) is 2.81. The number of carbonyl (C=O) groups is 1. The van der Waals surface area contributed by atoms with Crippen LogP contribution in [0, 0.1) is 0 Å². The molecule has 0 saturated heterocycles. The third-order valence-corrected chi connectivity index (χ3v) is 2.63. The number of methoxy groups -OCH3 is 1. The third kappa shape index (κ3) is 2.26. The molecule has 0 atom stereocenters. The molecule has 0 heterocycles. The van der Waals surface area contributed by atoms with Crippen molar-refractivity contribution in [3.8, 4) is 0 Å². The van der Waals surface area contributed by atoms with Crippen LogP contribution < -0.4 is 5.32 Å². The van der Waals surface area contributed by atoms with Crippen molar-refractivity contribution in [2.75, 3.05) is 19.0 Å². The van der Waals surface area contributed by atoms with Gasteiger partial charge in [-0.05, 0) is 35.0 Å². The highest BCUT2D eigenvalue weighted by Gasteiger charge is 2.12. The third-order valence-electron chi connectivity index (χ3n) is 1.77. The Hall–Kier alpha value is -1.03. The highest BCUT2D eigenvalue weighted by atomic mass is 79.9. The van der Waals surface area contributed by atoms with Gasteiger partial charge >= 0.3 is 5.97 Å². The topological polar surface area (TPSA) is 38.3 Å². The van der Waals surface area contributed by atoms with E-state index in [4.69, 9.17) is 0 Å². The summed E-state index contributed by atoms with van der Waals surface area (Å²) in [5.41, 5.74) is 1.43. The summed E-state index contributed by atoms with van der Waals surface area (Å²) in [6, 6.07) is 5.44. The van der Waals surface area contributed by atoms with E-state index >= 15 is 0 Å². The second-order valence-electron chi connectivity index (χ2n) is 2.69. The van der Waals surface area contributed by atoms with Crippen molar-refractivity contribution < 1.29 is 9.53 Å². The van der Waals surface area contributed by atoms with Crippen LogP contribution in [-0.2, 0) is 4.74 Å². The second-order valence-corrected chi connectivity index (χ2v) is 3.48. The fourth-order valence-electron chi connectivity index (χ4n) is 1.13. The number of halogens is 1. The summed E-state index contributed by atoms with van der Waals surface area (Å²) in [5, 5.41) is 3.14. The van der Waals surface area contributed by atoms with Gasteiger partial charge in [0.1, 0.15) is 0 Å². The zero-order valence-corrected chi connectivity index (χ0v) is 9.72. The van der Waals surface area contributed by atoms with Crippen LogP contribution in [0.3, 0.4) is 0 Å². The van der Waals surface area contributed by atoms with Gasteiger partial charge in [-0.3, -0.25) is 0 Å². The Morgan fingerprint density at radius 3 is 2.86 bits per heavy atom. The van der Waals surface area contributed by atoms with Gasteiger partial charge in [0.2, 0.25) is 0 Å². The maximum Gasteiger partial charge on any atom is 0.339 e. The molecule has 0 saturated carbocycles. The lowest BCUT2D eigenvalue weighted by Gasteiger charge is -2.08. The maximum absolute atomic E-state index is 11.3. The molecule has 0 aliphatic heterocycles. The van der Waals surface area contributed by atoms with E-state index in [0.717, 1.165) is 16.7 Å². The molecule has 0 fully saturated rings. The van der Waals surface area contributed by atoms with E-state index in [9.17, 15) is 4.79 Å². The summed E-state index contributed by atoms with van der Waals surface area (Å²) in [6.07, 6.45) is 0. The van der Waals surface area contributed by atoms with Gasteiger partial charge in [-0.2, -0.15) is 0 Å². The molecule has 1 rings (SSSR count). The molecule has 0 amide bonds. The molecule has 0 aliphatic carbocycles. The molecule has 76 valence electrons. The molecule has 1 aromatic carbocycles. The predicted molar refractivity (Wildman–Crippen MR) is 59.6 cm³/mol. The first-order chi connectivity index (χ1) is 6.70. The molecular weight excluding hydrogens is 246 g/mol. The summed E-state index contributed by atoms with van der Waals surface area (Å²) in [7, 11) is 1.37. The van der Waals surface area contributed by atoms with E-state index in [0.29, 0.717) is 5.56 Å². The van der Waals surface area contributed by atoms with Crippen LogP contribution in [0.5, 0.6) is 0 Å². The number of esters is 1. The fourth-order valence-corrected chi connectivity index (χ4v) is 1.69. The first-order valence-corrected chi connectivity index (χ1v) is 5.10. The van der Waals surface area contributed by atoms with Crippen LogP contribution in [0.1, 0.15) is 17.3 Å². The Bertz CT molecular complexity index is 339. The van der Waals surface area contributed by atoms with Gasteiger partial charge in [0.15, 0.2) is 0 Å². The smallest absolute Gasteiger partial charge is 0.339 e. The van der Waals surface area contributed by atoms with E-state index in [2.05, 4.69) is 26.0 Å². The molecule has 1 aromatic rings. The zero-order valence-electron chi connectivity index (χ0n) is 8.13. The van der Waals surface area contributed by atoms with Crippen LogP contribution in [0.2, 0.25) is 0 Å². The number of nitrogens with one attached hydrogen (secondary N) is 1. The Morgan fingerprint density at radius 2 is 2.29 bits per heavy atom. The number of hydrogen-bond acceptors (Lipinski definition) is 3. The Labute approximate surface area is 91.6 Å². The highest BCUT2D eigenvalue weighted by Crippen LogP contribution is 2.26. The first kappa shape index (κ1) is 11.0. The average molecular weight is 258 g/mol. The largest absolute Gasteiger partial charge is 0.465 e. The van der Waals surface area contributed by atoms with Gasteiger partial charge in [0.25, 0.3) is 0 Å². The highest BCUT2D eigenvalue weighted by molar-refractivity contribution is 9.10. The van der Waals surface area contributed by atoms with Crippen molar-refractivity contribution in [3.05, 3.63) is 28.2 Å². The van der Waals surface area contributed by atoms with E-state index < -0.39 is 0 Å². The fraction of sp³-hybridized carbons (Fsp3) is 0.300. The minimum Gasteiger partial charge on any atom is -0.465 e. The monoisotopic (exact) mass is 257 g/mol. The predicted octanol–water partition coefficient (Wildman–Crippen LogP) is 2.67. The first-order valence-electron chi connectivity index (χ1n) is 4.31. The number of anilines is 1. The van der Waals surface area contributed by atoms with Crippen LogP contribution in [0.15, 0.2) is 22.7 Å². The molecule has 14 heavy (non-hydrogen) atoms. The summed E-state index contributed by atoms with van der Waals surface area (Å²) < 4.78 is 5.40. The normalized spacial score (nSPS) is 9.64. The van der Waals surface area contributed by atoms with Gasteiger partial charge in [0, 0.05) is 12.2 Å². The van der Waals surface area contributed by atoms with Crippen LogP contribution >= 0.6 is 15.9 Å². The number of ether oxygens (including phenoxy) is 1. The van der Waals surface area contributed by atoms with E-state index in [1.807, 2.05) is 19.1 Å². The molecule has 0 aromatic heterocycles. The summed E-state index contributed by atoms with van der Waals surface area (Å²) >= 11 is 3.36. The van der Waals surface area contributed by atoms with E-state index in [-0.39, 0.29) is 5.97 Å². The molecule has 0 aliphatic rings. The minimum absolute atomic E-state index is 0.336. The molecule has 4 heteroatoms. The number of carbonyl (C=O) groups excluding carboxylic acids is 1. The van der Waals surface area contributed by atoms with Crippen LogP contribution in [-0.4, -0.2) is 19.6 Å².